The molecule has 2 aliphatic carbocycles. The highest BCUT2D eigenvalue weighted by molar-refractivity contribution is 5.89. The first-order chi connectivity index (χ1) is 22.1. The van der Waals surface area contributed by atoms with Crippen LogP contribution in [-0.2, 0) is 35.3 Å². The highest BCUT2D eigenvalue weighted by Gasteiger charge is 2.14. The van der Waals surface area contributed by atoms with E-state index in [2.05, 4.69) is 74.5 Å². The van der Waals surface area contributed by atoms with E-state index in [4.69, 9.17) is 31.6 Å². The number of carboxylic acid groups (broad SMARTS) is 2. The van der Waals surface area contributed by atoms with E-state index in [1.54, 1.807) is 0 Å². The van der Waals surface area contributed by atoms with E-state index in [0.29, 0.717) is 12.2 Å². The van der Waals surface area contributed by atoms with Crippen molar-refractivity contribution in [2.75, 3.05) is 11.5 Å². The van der Waals surface area contributed by atoms with Crippen LogP contribution in [0.15, 0.2) is 84.9 Å². The largest absolute Gasteiger partial charge is 0.478 e. The standard InChI is InChI=1S/2C17H18N2.C4H4O4/c2*1-2-16-10-15(18)11-17(19-16)14-8-7-12-5-3-4-6-13(12)9-14;5-3(6)1-2-4(7)8/h2*3-6,9-11H,2,7-8H2,1H3,(H2,18,19);1-2H,(H,5,6)(H,7,8)/b;;2-1+. The molecule has 0 unspecified atom stereocenters. The first-order valence-corrected chi connectivity index (χ1v) is 15.4. The van der Waals surface area contributed by atoms with Crippen molar-refractivity contribution in [1.82, 2.24) is 9.97 Å². The van der Waals surface area contributed by atoms with Crippen molar-refractivity contribution in [3.05, 3.63) is 130 Å². The molecule has 0 saturated carbocycles. The summed E-state index contributed by atoms with van der Waals surface area (Å²) in [4.78, 5) is 28.5. The SMILES string of the molecule is CCc1cc(N)cc(C2=Cc3ccccc3CC2)n1.CCc1cc(N)cc(C2=Cc3ccccc3CC2)n1.O=C(O)/C=C/C(=O)O. The van der Waals surface area contributed by atoms with E-state index < -0.39 is 11.9 Å². The van der Waals surface area contributed by atoms with E-state index in [1.807, 2.05) is 24.3 Å². The summed E-state index contributed by atoms with van der Waals surface area (Å²) in [5, 5.41) is 15.6. The van der Waals surface area contributed by atoms with Crippen molar-refractivity contribution in [2.45, 2.75) is 52.4 Å². The van der Waals surface area contributed by atoms with Crippen LogP contribution in [0.1, 0.15) is 71.7 Å². The maximum Gasteiger partial charge on any atom is 0.328 e. The van der Waals surface area contributed by atoms with Crippen LogP contribution in [0.25, 0.3) is 23.3 Å². The number of benzene rings is 2. The molecule has 2 aliphatic rings. The molecular formula is C38H40N4O4. The Bertz CT molecular complexity index is 1680. The van der Waals surface area contributed by atoms with Crippen LogP contribution in [-0.4, -0.2) is 32.1 Å². The summed E-state index contributed by atoms with van der Waals surface area (Å²) in [7, 11) is 0. The molecule has 0 fully saturated rings. The number of pyridine rings is 2. The van der Waals surface area contributed by atoms with Crippen molar-refractivity contribution in [3.63, 3.8) is 0 Å². The van der Waals surface area contributed by atoms with Gasteiger partial charge in [0.2, 0.25) is 0 Å². The Morgan fingerprint density at radius 1 is 0.652 bits per heavy atom. The number of nitrogen functional groups attached to an aromatic ring is 2. The summed E-state index contributed by atoms with van der Waals surface area (Å²) in [6.07, 6.45) is 11.7. The minimum atomic E-state index is -1.26. The summed E-state index contributed by atoms with van der Waals surface area (Å²) in [5.74, 6) is -2.51. The van der Waals surface area contributed by atoms with Crippen LogP contribution in [0, 0.1) is 0 Å². The fraction of sp³-hybridized carbons (Fsp3) is 0.211. The number of rotatable bonds is 6. The van der Waals surface area contributed by atoms with Crippen LogP contribution < -0.4 is 11.5 Å². The molecule has 0 atom stereocenters. The lowest BCUT2D eigenvalue weighted by molar-refractivity contribution is -0.134. The first kappa shape index (κ1) is 33.4. The number of aromatic nitrogens is 2. The first-order valence-electron chi connectivity index (χ1n) is 15.4. The Morgan fingerprint density at radius 3 is 1.41 bits per heavy atom. The molecule has 4 aromatic rings. The normalized spacial score (nSPS) is 13.1. The molecule has 0 aliphatic heterocycles. The number of aryl methyl sites for hydroxylation is 4. The van der Waals surface area contributed by atoms with Crippen molar-refractivity contribution in [3.8, 4) is 0 Å². The molecule has 0 spiro atoms. The maximum atomic E-state index is 9.55. The zero-order valence-corrected chi connectivity index (χ0v) is 26.2. The Morgan fingerprint density at radius 2 is 1.04 bits per heavy atom. The van der Waals surface area contributed by atoms with Gasteiger partial charge >= 0.3 is 11.9 Å². The smallest absolute Gasteiger partial charge is 0.328 e. The number of nitrogens with zero attached hydrogens (tertiary/aromatic N) is 2. The molecule has 2 heterocycles. The second-order valence-electron chi connectivity index (χ2n) is 11.0. The molecule has 6 rings (SSSR count). The predicted molar refractivity (Wildman–Crippen MR) is 186 cm³/mol. The van der Waals surface area contributed by atoms with E-state index >= 15 is 0 Å². The molecule has 0 radical (unpaired) electrons. The zero-order valence-electron chi connectivity index (χ0n) is 26.2. The Balaban J connectivity index is 0.000000170. The van der Waals surface area contributed by atoms with E-state index in [0.717, 1.165) is 72.7 Å². The molecule has 0 bridgehead atoms. The van der Waals surface area contributed by atoms with Crippen molar-refractivity contribution in [1.29, 1.82) is 0 Å². The fourth-order valence-electron chi connectivity index (χ4n) is 5.32. The molecule has 6 N–H and O–H groups in total. The van der Waals surface area contributed by atoms with Gasteiger partial charge in [0, 0.05) is 34.9 Å². The van der Waals surface area contributed by atoms with Gasteiger partial charge < -0.3 is 21.7 Å². The summed E-state index contributed by atoms with van der Waals surface area (Å²) in [6, 6.07) is 25.0. The predicted octanol–water partition coefficient (Wildman–Crippen LogP) is 7.14. The molecular weight excluding hydrogens is 576 g/mol. The van der Waals surface area contributed by atoms with E-state index in [-0.39, 0.29) is 0 Å². The molecule has 236 valence electrons. The number of allylic oxidation sites excluding steroid dienone is 2. The lowest BCUT2D eigenvalue weighted by Crippen LogP contribution is -2.02. The van der Waals surface area contributed by atoms with Crippen LogP contribution in [0.3, 0.4) is 0 Å². The van der Waals surface area contributed by atoms with Gasteiger partial charge in [0.25, 0.3) is 0 Å². The molecule has 46 heavy (non-hydrogen) atoms. The number of nitrogens with two attached hydrogens (primary N) is 2. The van der Waals surface area contributed by atoms with Crippen molar-refractivity contribution < 1.29 is 19.8 Å². The van der Waals surface area contributed by atoms with Gasteiger partial charge in [0.05, 0.1) is 11.4 Å². The van der Waals surface area contributed by atoms with Crippen LogP contribution >= 0.6 is 0 Å². The van der Waals surface area contributed by atoms with Gasteiger partial charge in [-0.15, -0.1) is 0 Å². The fourth-order valence-corrected chi connectivity index (χ4v) is 5.32. The van der Waals surface area contributed by atoms with Gasteiger partial charge in [-0.2, -0.15) is 0 Å². The van der Waals surface area contributed by atoms with Gasteiger partial charge in [0.1, 0.15) is 0 Å². The molecule has 2 aromatic carbocycles. The van der Waals surface area contributed by atoms with Crippen LogP contribution in [0.5, 0.6) is 0 Å². The Hall–Kier alpha value is -5.50. The third-order valence-electron chi connectivity index (χ3n) is 7.65. The Labute approximate surface area is 269 Å². The zero-order chi connectivity index (χ0) is 33.1. The summed E-state index contributed by atoms with van der Waals surface area (Å²) < 4.78 is 0. The number of carboxylic acids is 2. The van der Waals surface area contributed by atoms with Crippen molar-refractivity contribution >= 4 is 46.6 Å². The topological polar surface area (TPSA) is 152 Å². The minimum Gasteiger partial charge on any atom is -0.478 e. The molecule has 8 heteroatoms. The maximum absolute atomic E-state index is 9.55. The number of anilines is 2. The van der Waals surface area contributed by atoms with Gasteiger partial charge in [-0.1, -0.05) is 62.4 Å². The number of hydrogen-bond donors (Lipinski definition) is 4. The molecule has 0 saturated heterocycles. The lowest BCUT2D eigenvalue weighted by Gasteiger charge is -2.16. The number of aliphatic carboxylic acids is 2. The lowest BCUT2D eigenvalue weighted by atomic mass is 9.90. The summed E-state index contributed by atoms with van der Waals surface area (Å²) >= 11 is 0. The van der Waals surface area contributed by atoms with Gasteiger partial charge in [0.15, 0.2) is 0 Å². The molecule has 8 nitrogen and oxygen atoms in total. The quantitative estimate of drug-likeness (QED) is 0.167. The van der Waals surface area contributed by atoms with Gasteiger partial charge in [-0.25, -0.2) is 9.59 Å². The third-order valence-corrected chi connectivity index (χ3v) is 7.65. The third kappa shape index (κ3) is 9.50. The average Bonchev–Trinajstić information content (AvgIpc) is 3.06. The summed E-state index contributed by atoms with van der Waals surface area (Å²) in [5.41, 5.74) is 25.8. The second-order valence-corrected chi connectivity index (χ2v) is 11.0. The van der Waals surface area contributed by atoms with Gasteiger partial charge in [-0.05, 0) is 108 Å². The van der Waals surface area contributed by atoms with Crippen LogP contribution in [0.2, 0.25) is 0 Å². The van der Waals surface area contributed by atoms with E-state index in [1.165, 1.54) is 33.4 Å². The van der Waals surface area contributed by atoms with Crippen molar-refractivity contribution in [2.24, 2.45) is 0 Å². The number of hydrogen-bond acceptors (Lipinski definition) is 6. The van der Waals surface area contributed by atoms with Crippen LogP contribution in [0.4, 0.5) is 11.4 Å². The number of fused-ring (bicyclic) bond motifs is 2. The van der Waals surface area contributed by atoms with E-state index in [9.17, 15) is 9.59 Å². The Kier molecular flexibility index (Phi) is 11.6. The molecule has 0 amide bonds. The monoisotopic (exact) mass is 616 g/mol. The minimum absolute atomic E-state index is 0.558. The molecule has 2 aromatic heterocycles. The average molecular weight is 617 g/mol. The second kappa shape index (κ2) is 16.0. The number of carbonyl (C=O) groups is 2. The highest BCUT2D eigenvalue weighted by Crippen LogP contribution is 2.31. The summed E-state index contributed by atoms with van der Waals surface area (Å²) in [6.45, 7) is 4.21. The van der Waals surface area contributed by atoms with Gasteiger partial charge in [-0.3, -0.25) is 9.97 Å². The highest BCUT2D eigenvalue weighted by atomic mass is 16.4.